The first-order valence-electron chi connectivity index (χ1n) is 9.41. The molecule has 1 atom stereocenters. The molecule has 1 amide bonds. The van der Waals surface area contributed by atoms with Crippen LogP contribution in [0.1, 0.15) is 47.7 Å². The van der Waals surface area contributed by atoms with Gasteiger partial charge in [0.05, 0.1) is 11.5 Å². The number of amides is 1. The Labute approximate surface area is 175 Å². The minimum Gasteiger partial charge on any atom is -0.490 e. The molecule has 0 bridgehead atoms. The van der Waals surface area contributed by atoms with Gasteiger partial charge in [-0.25, -0.2) is 4.79 Å². The van der Waals surface area contributed by atoms with Crippen LogP contribution in [0.15, 0.2) is 35.7 Å². The minimum absolute atomic E-state index is 0.0103. The zero-order valence-corrected chi connectivity index (χ0v) is 18.0. The van der Waals surface area contributed by atoms with Crippen LogP contribution in [0.25, 0.3) is 0 Å². The summed E-state index contributed by atoms with van der Waals surface area (Å²) in [6.45, 7) is 8.29. The molecule has 0 radical (unpaired) electrons. The monoisotopic (exact) mass is 420 g/mol. The number of hydrogen-bond acceptors (Lipinski definition) is 7. The molecule has 8 heteroatoms. The summed E-state index contributed by atoms with van der Waals surface area (Å²) in [7, 11) is 0. The van der Waals surface area contributed by atoms with E-state index in [1.54, 1.807) is 31.2 Å². The lowest BCUT2D eigenvalue weighted by molar-refractivity contribution is 0.0515. The van der Waals surface area contributed by atoms with Crippen LogP contribution in [0, 0.1) is 0 Å². The van der Waals surface area contributed by atoms with Gasteiger partial charge in [0.1, 0.15) is 24.0 Å². The summed E-state index contributed by atoms with van der Waals surface area (Å²) in [5, 5.41) is 17.9. The molecule has 7 nitrogen and oxygen atoms in total. The Morgan fingerprint density at radius 1 is 1.24 bits per heavy atom. The standard InChI is InChI=1S/C21H28N2O5S/c1-5-27-20(26)16-11-14(23-19(25)18-7-6-10-29-18)8-9-17(16)28-13-15(24)12-22-21(2,3)4/h6-11,15,22,24H,5,12-13H2,1-4H3,(H,23,25)/t15-/m1/s1. The van der Waals surface area contributed by atoms with Gasteiger partial charge in [0.15, 0.2) is 0 Å². The van der Waals surface area contributed by atoms with Crippen molar-refractivity contribution in [3.05, 3.63) is 46.2 Å². The third-order valence-corrected chi connectivity index (χ3v) is 4.65. The van der Waals surface area contributed by atoms with Crippen LogP contribution in [0.3, 0.4) is 0 Å². The van der Waals surface area contributed by atoms with Gasteiger partial charge in [-0.2, -0.15) is 0 Å². The molecule has 29 heavy (non-hydrogen) atoms. The minimum atomic E-state index is -0.748. The van der Waals surface area contributed by atoms with Gasteiger partial charge in [0.2, 0.25) is 0 Å². The molecule has 2 aromatic rings. The number of aliphatic hydroxyl groups excluding tert-OH is 1. The number of esters is 1. The van der Waals surface area contributed by atoms with Crippen LogP contribution < -0.4 is 15.4 Å². The number of anilines is 1. The number of thiophene rings is 1. The molecule has 0 aliphatic carbocycles. The summed E-state index contributed by atoms with van der Waals surface area (Å²) in [5.41, 5.74) is 0.514. The SMILES string of the molecule is CCOC(=O)c1cc(NC(=O)c2cccs2)ccc1OC[C@H](O)CNC(C)(C)C. The van der Waals surface area contributed by atoms with Gasteiger partial charge < -0.3 is 25.2 Å². The molecule has 0 saturated carbocycles. The third kappa shape index (κ3) is 7.49. The van der Waals surface area contributed by atoms with Gasteiger partial charge in [-0.15, -0.1) is 11.3 Å². The van der Waals surface area contributed by atoms with Gasteiger partial charge in [0, 0.05) is 17.8 Å². The smallest absolute Gasteiger partial charge is 0.341 e. The second-order valence-electron chi connectivity index (χ2n) is 7.46. The lowest BCUT2D eigenvalue weighted by Crippen LogP contribution is -2.42. The summed E-state index contributed by atoms with van der Waals surface area (Å²) in [6.07, 6.45) is -0.748. The fourth-order valence-electron chi connectivity index (χ4n) is 2.37. The normalized spacial score (nSPS) is 12.3. The molecule has 158 valence electrons. The van der Waals surface area contributed by atoms with Gasteiger partial charge in [-0.3, -0.25) is 4.79 Å². The zero-order valence-electron chi connectivity index (χ0n) is 17.2. The van der Waals surface area contributed by atoms with Crippen molar-refractivity contribution in [2.24, 2.45) is 0 Å². The second kappa shape index (κ2) is 10.4. The molecule has 0 unspecified atom stereocenters. The van der Waals surface area contributed by atoms with Crippen LogP contribution in [0.2, 0.25) is 0 Å². The van der Waals surface area contributed by atoms with Gasteiger partial charge in [-0.05, 0) is 57.3 Å². The number of hydrogen-bond donors (Lipinski definition) is 3. The van der Waals surface area contributed by atoms with Crippen molar-refractivity contribution in [1.29, 1.82) is 0 Å². The summed E-state index contributed by atoms with van der Waals surface area (Å²) < 4.78 is 10.8. The van der Waals surface area contributed by atoms with E-state index in [9.17, 15) is 14.7 Å². The Kier molecular flexibility index (Phi) is 8.19. The maximum absolute atomic E-state index is 12.3. The number of aliphatic hydroxyl groups is 1. The highest BCUT2D eigenvalue weighted by Crippen LogP contribution is 2.25. The summed E-state index contributed by atoms with van der Waals surface area (Å²) >= 11 is 1.33. The van der Waals surface area contributed by atoms with E-state index in [1.165, 1.54) is 17.4 Å². The van der Waals surface area contributed by atoms with Gasteiger partial charge in [0.25, 0.3) is 5.91 Å². The van der Waals surface area contributed by atoms with Gasteiger partial charge in [-0.1, -0.05) is 6.07 Å². The highest BCUT2D eigenvalue weighted by molar-refractivity contribution is 7.12. The van der Waals surface area contributed by atoms with Crippen LogP contribution >= 0.6 is 11.3 Å². The summed E-state index contributed by atoms with van der Waals surface area (Å²) in [4.78, 5) is 25.2. The number of carbonyl (C=O) groups is 2. The average Bonchev–Trinajstić information content (AvgIpc) is 3.20. The topological polar surface area (TPSA) is 96.9 Å². The fourth-order valence-corrected chi connectivity index (χ4v) is 2.99. The average molecular weight is 421 g/mol. The van der Waals surface area contributed by atoms with Crippen LogP contribution in [0.4, 0.5) is 5.69 Å². The van der Waals surface area contributed by atoms with Crippen molar-refractivity contribution in [2.45, 2.75) is 39.3 Å². The second-order valence-corrected chi connectivity index (χ2v) is 8.41. The number of carbonyl (C=O) groups excluding carboxylic acids is 2. The van der Waals surface area contributed by atoms with E-state index in [4.69, 9.17) is 9.47 Å². The number of rotatable bonds is 9. The maximum atomic E-state index is 12.3. The highest BCUT2D eigenvalue weighted by atomic mass is 32.1. The molecule has 1 aromatic carbocycles. The Bertz CT molecular complexity index is 815. The highest BCUT2D eigenvalue weighted by Gasteiger charge is 2.18. The van der Waals surface area contributed by atoms with Crippen molar-refractivity contribution in [2.75, 3.05) is 25.1 Å². The molecule has 0 aliphatic heterocycles. The first-order chi connectivity index (χ1) is 13.7. The third-order valence-electron chi connectivity index (χ3n) is 3.78. The molecule has 1 aromatic heterocycles. The molecule has 0 spiro atoms. The molecule has 0 aliphatic rings. The van der Waals surface area contributed by atoms with Crippen molar-refractivity contribution in [1.82, 2.24) is 5.32 Å². The maximum Gasteiger partial charge on any atom is 0.341 e. The number of benzene rings is 1. The predicted molar refractivity (Wildman–Crippen MR) is 114 cm³/mol. The van der Waals surface area contributed by atoms with Crippen LogP contribution in [-0.2, 0) is 4.74 Å². The summed E-state index contributed by atoms with van der Waals surface area (Å²) in [5.74, 6) is -0.531. The van der Waals surface area contributed by atoms with E-state index < -0.39 is 12.1 Å². The molecular formula is C21H28N2O5S. The number of β-amino-alcohol motifs (C(OH)–C–C–N with tert-alkyl or cyclic N) is 1. The molecule has 3 N–H and O–H groups in total. The molecular weight excluding hydrogens is 392 g/mol. The van der Waals surface area contributed by atoms with Crippen LogP contribution in [-0.4, -0.2) is 48.4 Å². The van der Waals surface area contributed by atoms with E-state index in [0.717, 1.165) is 0 Å². The lowest BCUT2D eigenvalue weighted by Gasteiger charge is -2.23. The molecule has 2 rings (SSSR count). The van der Waals surface area contributed by atoms with Crippen LogP contribution in [0.5, 0.6) is 5.75 Å². The Morgan fingerprint density at radius 2 is 2.00 bits per heavy atom. The quantitative estimate of drug-likeness (QED) is 0.539. The van der Waals surface area contributed by atoms with Gasteiger partial charge >= 0.3 is 5.97 Å². The van der Waals surface area contributed by atoms with E-state index in [2.05, 4.69) is 10.6 Å². The van der Waals surface area contributed by atoms with Crippen molar-refractivity contribution >= 4 is 28.9 Å². The summed E-state index contributed by atoms with van der Waals surface area (Å²) in [6, 6.07) is 8.25. The van der Waals surface area contributed by atoms with E-state index >= 15 is 0 Å². The molecule has 1 heterocycles. The zero-order chi connectivity index (χ0) is 21.4. The number of nitrogens with one attached hydrogen (secondary N) is 2. The van der Waals surface area contributed by atoms with Crippen molar-refractivity contribution in [3.63, 3.8) is 0 Å². The number of ether oxygens (including phenoxy) is 2. The Balaban J connectivity index is 2.10. The Morgan fingerprint density at radius 3 is 2.62 bits per heavy atom. The largest absolute Gasteiger partial charge is 0.490 e. The first-order valence-corrected chi connectivity index (χ1v) is 10.3. The van der Waals surface area contributed by atoms with Crippen molar-refractivity contribution in [3.8, 4) is 5.75 Å². The predicted octanol–water partition coefficient (Wildman–Crippen LogP) is 3.30. The van der Waals surface area contributed by atoms with E-state index in [0.29, 0.717) is 17.1 Å². The molecule has 0 saturated heterocycles. The lowest BCUT2D eigenvalue weighted by atomic mass is 10.1. The Hall–Kier alpha value is -2.42. The van der Waals surface area contributed by atoms with E-state index in [1.807, 2.05) is 26.2 Å². The first kappa shape index (κ1) is 22.9. The van der Waals surface area contributed by atoms with Crippen molar-refractivity contribution < 1.29 is 24.2 Å². The fraction of sp³-hybridized carbons (Fsp3) is 0.429. The molecule has 0 fully saturated rings. The van der Waals surface area contributed by atoms with E-state index in [-0.39, 0.29) is 36.0 Å².